The fraction of sp³-hybridized carbons (Fsp3) is 0.667. The number of thiophene rings is 1. The quantitative estimate of drug-likeness (QED) is 0.672. The minimum Gasteiger partial charge on any atom is -0.380 e. The van der Waals surface area contributed by atoms with E-state index in [1.54, 1.807) is 12.1 Å². The molecule has 0 saturated carbocycles. The Morgan fingerprint density at radius 3 is 2.79 bits per heavy atom. The van der Waals surface area contributed by atoms with E-state index >= 15 is 0 Å². The van der Waals surface area contributed by atoms with E-state index in [1.165, 1.54) is 11.3 Å². The number of rotatable bonds is 9. The fourth-order valence-corrected chi connectivity index (χ4v) is 3.85. The Bertz CT molecular complexity index is 469. The van der Waals surface area contributed by atoms with Gasteiger partial charge in [0.1, 0.15) is 4.21 Å². The van der Waals surface area contributed by atoms with Crippen molar-refractivity contribution in [3.8, 4) is 0 Å². The molecule has 5 nitrogen and oxygen atoms in total. The van der Waals surface area contributed by atoms with Gasteiger partial charge in [-0.3, -0.25) is 0 Å². The van der Waals surface area contributed by atoms with E-state index in [1.807, 2.05) is 0 Å². The number of ether oxygens (including phenoxy) is 1. The first kappa shape index (κ1) is 16.6. The van der Waals surface area contributed by atoms with E-state index in [0.717, 1.165) is 4.88 Å². The molecule has 1 heterocycles. The first-order valence-electron chi connectivity index (χ1n) is 6.32. The summed E-state index contributed by atoms with van der Waals surface area (Å²) in [5.74, 6) is 0.452. The van der Waals surface area contributed by atoms with E-state index < -0.39 is 10.0 Å². The highest BCUT2D eigenvalue weighted by molar-refractivity contribution is 7.91. The highest BCUT2D eigenvalue weighted by Crippen LogP contribution is 2.21. The highest BCUT2D eigenvalue weighted by Gasteiger charge is 2.15. The van der Waals surface area contributed by atoms with Gasteiger partial charge in [-0.15, -0.1) is 11.3 Å². The Hall–Kier alpha value is -0.470. The largest absolute Gasteiger partial charge is 0.380 e. The first-order valence-corrected chi connectivity index (χ1v) is 8.62. The number of hydrogen-bond acceptors (Lipinski definition) is 5. The molecule has 3 N–H and O–H groups in total. The molecule has 0 aliphatic heterocycles. The fourth-order valence-electron chi connectivity index (χ4n) is 1.42. The molecule has 0 amide bonds. The van der Waals surface area contributed by atoms with Gasteiger partial charge in [-0.05, 0) is 31.0 Å². The monoisotopic (exact) mass is 306 g/mol. The zero-order valence-corrected chi connectivity index (χ0v) is 13.0. The standard InChI is InChI=1S/C12H22N2O3S2/c1-10(2)9-17-8-7-14-19(15,16)12-4-3-11(18-12)5-6-13/h3-4,10,14H,5-9,13H2,1-2H3. The topological polar surface area (TPSA) is 81.4 Å². The molecule has 0 atom stereocenters. The third-order valence-electron chi connectivity index (χ3n) is 2.28. The molecule has 0 bridgehead atoms. The van der Waals surface area contributed by atoms with Crippen LogP contribution in [0.25, 0.3) is 0 Å². The maximum atomic E-state index is 12.0. The van der Waals surface area contributed by atoms with Gasteiger partial charge in [-0.2, -0.15) is 0 Å². The van der Waals surface area contributed by atoms with Crippen molar-refractivity contribution >= 4 is 21.4 Å². The van der Waals surface area contributed by atoms with Crippen LogP contribution in [0.1, 0.15) is 18.7 Å². The van der Waals surface area contributed by atoms with Gasteiger partial charge < -0.3 is 10.5 Å². The molecule has 0 saturated heterocycles. The Kier molecular flexibility index (Phi) is 6.95. The molecule has 1 aromatic rings. The van der Waals surface area contributed by atoms with Gasteiger partial charge in [0, 0.05) is 18.0 Å². The molecule has 0 unspecified atom stereocenters. The summed E-state index contributed by atoms with van der Waals surface area (Å²) in [6.07, 6.45) is 0.706. The lowest BCUT2D eigenvalue weighted by Gasteiger charge is -2.07. The van der Waals surface area contributed by atoms with Crippen LogP contribution in [0.4, 0.5) is 0 Å². The molecule has 19 heavy (non-hydrogen) atoms. The third-order valence-corrected chi connectivity index (χ3v) is 5.38. The summed E-state index contributed by atoms with van der Waals surface area (Å²) >= 11 is 1.26. The van der Waals surface area contributed by atoms with Crippen LogP contribution in [-0.4, -0.2) is 34.7 Å². The molecule has 1 rings (SSSR count). The highest BCUT2D eigenvalue weighted by atomic mass is 32.2. The molecule has 0 aliphatic rings. The average Bonchev–Trinajstić information content (AvgIpc) is 2.78. The van der Waals surface area contributed by atoms with Crippen LogP contribution in [0.3, 0.4) is 0 Å². The van der Waals surface area contributed by atoms with Crippen LogP contribution >= 0.6 is 11.3 Å². The zero-order chi connectivity index (χ0) is 14.3. The molecule has 0 aromatic carbocycles. The van der Waals surface area contributed by atoms with Crippen LogP contribution in [-0.2, 0) is 21.2 Å². The molecule has 0 spiro atoms. The lowest BCUT2D eigenvalue weighted by Crippen LogP contribution is -2.27. The summed E-state index contributed by atoms with van der Waals surface area (Å²) in [4.78, 5) is 0.985. The van der Waals surface area contributed by atoms with E-state index in [9.17, 15) is 8.42 Å². The number of sulfonamides is 1. The van der Waals surface area contributed by atoms with E-state index in [-0.39, 0.29) is 0 Å². The van der Waals surface area contributed by atoms with Crippen molar-refractivity contribution in [3.63, 3.8) is 0 Å². The van der Waals surface area contributed by atoms with Crippen molar-refractivity contribution in [3.05, 3.63) is 17.0 Å². The van der Waals surface area contributed by atoms with E-state index in [0.29, 0.717) is 42.9 Å². The Morgan fingerprint density at radius 1 is 1.42 bits per heavy atom. The number of nitrogens with two attached hydrogens (primary N) is 1. The Labute approximate surface area is 119 Å². The van der Waals surface area contributed by atoms with Crippen molar-refractivity contribution in [1.29, 1.82) is 0 Å². The predicted molar refractivity (Wildman–Crippen MR) is 77.9 cm³/mol. The van der Waals surface area contributed by atoms with E-state index in [2.05, 4.69) is 18.6 Å². The summed E-state index contributed by atoms with van der Waals surface area (Å²) in [6, 6.07) is 3.42. The smallest absolute Gasteiger partial charge is 0.250 e. The van der Waals surface area contributed by atoms with Gasteiger partial charge in [0.2, 0.25) is 10.0 Å². The SMILES string of the molecule is CC(C)COCCNS(=O)(=O)c1ccc(CCN)s1. The van der Waals surface area contributed by atoms with Crippen molar-refractivity contribution in [2.75, 3.05) is 26.3 Å². The zero-order valence-electron chi connectivity index (χ0n) is 11.4. The lowest BCUT2D eigenvalue weighted by atomic mass is 10.2. The molecule has 0 radical (unpaired) electrons. The lowest BCUT2D eigenvalue weighted by molar-refractivity contribution is 0.114. The third kappa shape index (κ3) is 6.01. The molecule has 0 aliphatic carbocycles. The van der Waals surface area contributed by atoms with Crippen LogP contribution in [0, 0.1) is 5.92 Å². The minimum atomic E-state index is -3.41. The van der Waals surface area contributed by atoms with E-state index in [4.69, 9.17) is 10.5 Å². The van der Waals surface area contributed by atoms with Crippen LogP contribution in [0.5, 0.6) is 0 Å². The van der Waals surface area contributed by atoms with Gasteiger partial charge in [0.05, 0.1) is 6.61 Å². The van der Waals surface area contributed by atoms with Crippen molar-refractivity contribution in [2.24, 2.45) is 11.7 Å². The molecular formula is C12H22N2O3S2. The normalized spacial score (nSPS) is 12.2. The molecule has 1 aromatic heterocycles. The van der Waals surface area contributed by atoms with Crippen LogP contribution in [0.2, 0.25) is 0 Å². The maximum Gasteiger partial charge on any atom is 0.250 e. The molecule has 0 fully saturated rings. The second kappa shape index (κ2) is 7.96. The molecule has 110 valence electrons. The minimum absolute atomic E-state index is 0.291. The number of hydrogen-bond donors (Lipinski definition) is 2. The van der Waals surface area contributed by atoms with Crippen molar-refractivity contribution in [1.82, 2.24) is 4.72 Å². The Balaban J connectivity index is 2.42. The summed E-state index contributed by atoms with van der Waals surface area (Å²) in [5, 5.41) is 0. The van der Waals surface area contributed by atoms with Crippen molar-refractivity contribution < 1.29 is 13.2 Å². The van der Waals surface area contributed by atoms with Gasteiger partial charge in [-0.25, -0.2) is 13.1 Å². The first-order chi connectivity index (χ1) is 8.95. The second-order valence-electron chi connectivity index (χ2n) is 4.63. The maximum absolute atomic E-state index is 12.0. The Morgan fingerprint density at radius 2 is 2.16 bits per heavy atom. The summed E-state index contributed by atoms with van der Waals surface area (Å²) in [5.41, 5.74) is 5.44. The second-order valence-corrected chi connectivity index (χ2v) is 7.79. The molecule has 7 heteroatoms. The van der Waals surface area contributed by atoms with Crippen LogP contribution < -0.4 is 10.5 Å². The summed E-state index contributed by atoms with van der Waals surface area (Å²) < 4.78 is 32.1. The summed E-state index contributed by atoms with van der Waals surface area (Å²) in [6.45, 7) is 5.94. The number of nitrogens with one attached hydrogen (secondary N) is 1. The van der Waals surface area contributed by atoms with Gasteiger partial charge in [0.25, 0.3) is 0 Å². The summed E-state index contributed by atoms with van der Waals surface area (Å²) in [7, 11) is -3.41. The molecular weight excluding hydrogens is 284 g/mol. The van der Waals surface area contributed by atoms with Crippen molar-refractivity contribution in [2.45, 2.75) is 24.5 Å². The predicted octanol–water partition coefficient (Wildman–Crippen LogP) is 1.20. The van der Waals surface area contributed by atoms with Gasteiger partial charge in [0.15, 0.2) is 0 Å². The average molecular weight is 306 g/mol. The van der Waals surface area contributed by atoms with Gasteiger partial charge in [-0.1, -0.05) is 13.8 Å². The van der Waals surface area contributed by atoms with Crippen LogP contribution in [0.15, 0.2) is 16.3 Å². The van der Waals surface area contributed by atoms with Gasteiger partial charge >= 0.3 is 0 Å².